The normalized spacial score (nSPS) is 16.7. The zero-order valence-corrected chi connectivity index (χ0v) is 14.2. The number of rotatable bonds is 6. The van der Waals surface area contributed by atoms with E-state index in [1.54, 1.807) is 6.20 Å². The van der Waals surface area contributed by atoms with Gasteiger partial charge in [-0.3, -0.25) is 9.48 Å². The molecular weight excluding hydrogens is 302 g/mol. The largest absolute Gasteiger partial charge is 0.381 e. The lowest BCUT2D eigenvalue weighted by atomic mass is 9.73. The van der Waals surface area contributed by atoms with Crippen molar-refractivity contribution in [3.8, 4) is 0 Å². The average Bonchev–Trinajstić information content (AvgIpc) is 3.13. The van der Waals surface area contributed by atoms with Crippen LogP contribution in [0.15, 0.2) is 42.7 Å². The second kappa shape index (κ2) is 7.62. The van der Waals surface area contributed by atoms with Crippen LogP contribution in [0.3, 0.4) is 0 Å². The summed E-state index contributed by atoms with van der Waals surface area (Å²) in [6, 6.07) is 10.2. The SMILES string of the molecule is Cc1ccc(C2(C(=O)NCCCn3cccn3)CCOCC2)cc1. The Bertz CT molecular complexity index is 644. The average molecular weight is 327 g/mol. The predicted octanol–water partition coefficient (Wildman–Crippen LogP) is 2.45. The molecule has 1 aliphatic heterocycles. The number of hydrogen-bond donors (Lipinski definition) is 1. The van der Waals surface area contributed by atoms with Crippen molar-refractivity contribution in [1.29, 1.82) is 0 Å². The van der Waals surface area contributed by atoms with Crippen molar-refractivity contribution in [2.24, 2.45) is 0 Å². The lowest BCUT2D eigenvalue weighted by Gasteiger charge is -2.36. The van der Waals surface area contributed by atoms with Gasteiger partial charge in [0, 0.05) is 38.7 Å². The number of aromatic nitrogens is 2. The number of carbonyl (C=O) groups excluding carboxylic acids is 1. The van der Waals surface area contributed by atoms with Crippen LogP contribution in [-0.4, -0.2) is 35.4 Å². The van der Waals surface area contributed by atoms with Gasteiger partial charge in [0.15, 0.2) is 0 Å². The second-order valence-corrected chi connectivity index (χ2v) is 6.44. The van der Waals surface area contributed by atoms with Crippen LogP contribution in [-0.2, 0) is 21.5 Å². The zero-order chi connectivity index (χ0) is 16.8. The monoisotopic (exact) mass is 327 g/mol. The maximum Gasteiger partial charge on any atom is 0.230 e. The third-order valence-corrected chi connectivity index (χ3v) is 4.79. The molecule has 1 aliphatic rings. The zero-order valence-electron chi connectivity index (χ0n) is 14.2. The summed E-state index contributed by atoms with van der Waals surface area (Å²) in [5.74, 6) is 0.120. The molecule has 0 atom stereocenters. The number of hydrogen-bond acceptors (Lipinski definition) is 3. The number of benzene rings is 1. The minimum absolute atomic E-state index is 0.120. The van der Waals surface area contributed by atoms with Crippen molar-refractivity contribution in [1.82, 2.24) is 15.1 Å². The van der Waals surface area contributed by atoms with E-state index in [1.165, 1.54) is 5.56 Å². The molecule has 1 fully saturated rings. The van der Waals surface area contributed by atoms with E-state index in [2.05, 4.69) is 41.6 Å². The van der Waals surface area contributed by atoms with E-state index < -0.39 is 5.41 Å². The van der Waals surface area contributed by atoms with E-state index in [0.29, 0.717) is 19.8 Å². The Balaban J connectivity index is 1.64. The molecule has 0 aliphatic carbocycles. The third-order valence-electron chi connectivity index (χ3n) is 4.79. The molecule has 3 rings (SSSR count). The van der Waals surface area contributed by atoms with Crippen LogP contribution >= 0.6 is 0 Å². The first-order chi connectivity index (χ1) is 11.7. The molecule has 0 unspecified atom stereocenters. The Morgan fingerprint density at radius 1 is 1.29 bits per heavy atom. The van der Waals surface area contributed by atoms with Gasteiger partial charge >= 0.3 is 0 Å². The number of nitrogens with one attached hydrogen (secondary N) is 1. The first kappa shape index (κ1) is 16.7. The summed E-state index contributed by atoms with van der Waals surface area (Å²) in [6.07, 6.45) is 6.05. The van der Waals surface area contributed by atoms with Crippen molar-refractivity contribution < 1.29 is 9.53 Å². The summed E-state index contributed by atoms with van der Waals surface area (Å²) in [6.45, 7) is 4.81. The number of nitrogens with zero attached hydrogens (tertiary/aromatic N) is 2. The van der Waals surface area contributed by atoms with Crippen molar-refractivity contribution in [3.05, 3.63) is 53.9 Å². The van der Waals surface area contributed by atoms with Gasteiger partial charge in [0.05, 0.1) is 5.41 Å². The first-order valence-electron chi connectivity index (χ1n) is 8.61. The van der Waals surface area contributed by atoms with Gasteiger partial charge in [-0.15, -0.1) is 0 Å². The molecule has 1 aromatic carbocycles. The van der Waals surface area contributed by atoms with Crippen molar-refractivity contribution in [3.63, 3.8) is 0 Å². The fourth-order valence-electron chi connectivity index (χ4n) is 3.28. The lowest BCUT2D eigenvalue weighted by Crippen LogP contribution is -2.48. The number of carbonyl (C=O) groups is 1. The quantitative estimate of drug-likeness (QED) is 0.829. The Kier molecular flexibility index (Phi) is 5.30. The van der Waals surface area contributed by atoms with Gasteiger partial charge in [0.1, 0.15) is 0 Å². The molecule has 1 N–H and O–H groups in total. The van der Waals surface area contributed by atoms with Crippen LogP contribution < -0.4 is 5.32 Å². The van der Waals surface area contributed by atoms with Gasteiger partial charge < -0.3 is 10.1 Å². The second-order valence-electron chi connectivity index (χ2n) is 6.44. The highest BCUT2D eigenvalue weighted by Gasteiger charge is 2.41. The molecule has 1 amide bonds. The number of amides is 1. The Hall–Kier alpha value is -2.14. The molecule has 5 nitrogen and oxygen atoms in total. The Morgan fingerprint density at radius 3 is 2.71 bits per heavy atom. The van der Waals surface area contributed by atoms with Crippen molar-refractivity contribution >= 4 is 5.91 Å². The molecule has 5 heteroatoms. The first-order valence-corrected chi connectivity index (χ1v) is 8.61. The van der Waals surface area contributed by atoms with Gasteiger partial charge in [-0.2, -0.15) is 5.10 Å². The number of ether oxygens (including phenoxy) is 1. The van der Waals surface area contributed by atoms with Crippen LogP contribution in [0.25, 0.3) is 0 Å². The van der Waals surface area contributed by atoms with E-state index >= 15 is 0 Å². The third kappa shape index (κ3) is 3.67. The van der Waals surface area contributed by atoms with Crippen LogP contribution in [0.2, 0.25) is 0 Å². The molecular formula is C19H25N3O2. The van der Waals surface area contributed by atoms with E-state index in [0.717, 1.165) is 31.4 Å². The van der Waals surface area contributed by atoms with Gasteiger partial charge in [-0.25, -0.2) is 0 Å². The molecule has 0 spiro atoms. The molecule has 128 valence electrons. The van der Waals surface area contributed by atoms with Crippen LogP contribution in [0.1, 0.15) is 30.4 Å². The highest BCUT2D eigenvalue weighted by atomic mass is 16.5. The molecule has 0 saturated carbocycles. The summed E-state index contributed by atoms with van der Waals surface area (Å²) in [4.78, 5) is 13.0. The van der Waals surface area contributed by atoms with E-state index in [9.17, 15) is 4.79 Å². The molecule has 0 bridgehead atoms. The van der Waals surface area contributed by atoms with Gasteiger partial charge in [0.25, 0.3) is 0 Å². The highest BCUT2D eigenvalue weighted by Crippen LogP contribution is 2.35. The van der Waals surface area contributed by atoms with Gasteiger partial charge in [-0.1, -0.05) is 29.8 Å². The van der Waals surface area contributed by atoms with E-state index in [-0.39, 0.29) is 5.91 Å². The molecule has 1 saturated heterocycles. The molecule has 1 aromatic heterocycles. The smallest absolute Gasteiger partial charge is 0.230 e. The standard InChI is InChI=1S/C19H25N3O2/c1-16-4-6-17(7-5-16)19(8-14-24-15-9-19)18(23)20-10-2-12-22-13-3-11-21-22/h3-7,11,13H,2,8-10,12,14-15H2,1H3,(H,20,23). The van der Waals surface area contributed by atoms with Crippen molar-refractivity contribution in [2.45, 2.75) is 38.1 Å². The maximum atomic E-state index is 13.0. The molecule has 2 aromatic rings. The topological polar surface area (TPSA) is 56.2 Å². The lowest BCUT2D eigenvalue weighted by molar-refractivity contribution is -0.130. The summed E-state index contributed by atoms with van der Waals surface area (Å²) in [5, 5.41) is 7.31. The van der Waals surface area contributed by atoms with E-state index in [4.69, 9.17) is 4.74 Å². The fourth-order valence-corrected chi connectivity index (χ4v) is 3.28. The predicted molar refractivity (Wildman–Crippen MR) is 92.8 cm³/mol. The molecule has 2 heterocycles. The summed E-state index contributed by atoms with van der Waals surface area (Å²) >= 11 is 0. The summed E-state index contributed by atoms with van der Waals surface area (Å²) < 4.78 is 7.39. The maximum absolute atomic E-state index is 13.0. The molecule has 24 heavy (non-hydrogen) atoms. The van der Waals surface area contributed by atoms with Gasteiger partial charge in [-0.05, 0) is 37.8 Å². The fraction of sp³-hybridized carbons (Fsp3) is 0.474. The summed E-state index contributed by atoms with van der Waals surface area (Å²) in [7, 11) is 0. The van der Waals surface area contributed by atoms with Crippen molar-refractivity contribution in [2.75, 3.05) is 19.8 Å². The van der Waals surface area contributed by atoms with E-state index in [1.807, 2.05) is 16.9 Å². The number of aryl methyl sites for hydroxylation is 2. The summed E-state index contributed by atoms with van der Waals surface area (Å²) in [5.41, 5.74) is 1.85. The minimum Gasteiger partial charge on any atom is -0.381 e. The van der Waals surface area contributed by atoms with Crippen LogP contribution in [0.4, 0.5) is 0 Å². The minimum atomic E-state index is -0.461. The Morgan fingerprint density at radius 2 is 2.04 bits per heavy atom. The Labute approximate surface area is 143 Å². The molecule has 0 radical (unpaired) electrons. The highest BCUT2D eigenvalue weighted by molar-refractivity contribution is 5.88. The van der Waals surface area contributed by atoms with Gasteiger partial charge in [0.2, 0.25) is 5.91 Å². The van der Waals surface area contributed by atoms with Crippen LogP contribution in [0, 0.1) is 6.92 Å². The van der Waals surface area contributed by atoms with Crippen LogP contribution in [0.5, 0.6) is 0 Å².